The van der Waals surface area contributed by atoms with Crippen LogP contribution in [0.1, 0.15) is 110 Å². The molecule has 0 atom stereocenters. The normalized spacial score (nSPS) is 14.2. The Labute approximate surface area is 441 Å². The molecular weight excluding hydrogens is 894 g/mol. The molecule has 2 heterocycles. The summed E-state index contributed by atoms with van der Waals surface area (Å²) in [6.45, 7) is 27.9. The molecule has 9 aromatic carbocycles. The second kappa shape index (κ2) is 17.0. The van der Waals surface area contributed by atoms with Crippen LogP contribution in [0.3, 0.4) is 0 Å². The maximum atomic E-state index is 2.61. The van der Waals surface area contributed by atoms with Gasteiger partial charge in [-0.3, -0.25) is 0 Å². The van der Waals surface area contributed by atoms with Crippen molar-refractivity contribution in [1.29, 1.82) is 0 Å². The summed E-state index contributed by atoms with van der Waals surface area (Å²) in [7, 11) is 0. The summed E-state index contributed by atoms with van der Waals surface area (Å²) in [5, 5.41) is 0. The summed E-state index contributed by atoms with van der Waals surface area (Å²) >= 11 is 0. The Morgan fingerprint density at radius 1 is 0.405 bits per heavy atom. The lowest BCUT2D eigenvalue weighted by Crippen LogP contribution is -2.61. The van der Waals surface area contributed by atoms with Crippen molar-refractivity contribution >= 4 is 74.3 Å². The Morgan fingerprint density at radius 2 is 0.932 bits per heavy atom. The van der Waals surface area contributed by atoms with E-state index in [1.807, 2.05) is 0 Å². The van der Waals surface area contributed by atoms with Crippen LogP contribution in [0.5, 0.6) is 0 Å². The van der Waals surface area contributed by atoms with Gasteiger partial charge in [-0.05, 0) is 168 Å². The summed E-state index contributed by atoms with van der Waals surface area (Å²) in [6.07, 6.45) is 0. The van der Waals surface area contributed by atoms with Crippen molar-refractivity contribution in [2.24, 2.45) is 0 Å². The van der Waals surface area contributed by atoms with Crippen molar-refractivity contribution in [1.82, 2.24) is 0 Å². The summed E-state index contributed by atoms with van der Waals surface area (Å²) < 4.78 is 0. The van der Waals surface area contributed by atoms with E-state index in [0.717, 1.165) is 22.7 Å². The highest BCUT2D eigenvalue weighted by Gasteiger charge is 2.45. The number of benzene rings is 9. The zero-order chi connectivity index (χ0) is 51.6. The standard InChI is InChI=1S/C70H68BN3/c1-45-39-64-66-65(40-45)74(52-33-35-55-54-25-19-20-26-57(54)70(11,12)58(55)43-52)62-42-49(69(8,9)10)29-36-59(62)71(66)60-37-34-53(44-63(60)73(64)51-31-27-47(28-32-51)67(2,3)4)72(50-23-17-14-18-24-50)61-38-30-48(68(5,6)7)41-56(61)46-21-15-13-16-22-46/h13-44H,1-12H3. The molecular formula is C70H68BN3. The molecule has 4 heteroatoms. The largest absolute Gasteiger partial charge is 0.311 e. The minimum absolute atomic E-state index is 0.0101. The van der Waals surface area contributed by atoms with Crippen molar-refractivity contribution in [3.63, 3.8) is 0 Å². The number of rotatable bonds is 6. The monoisotopic (exact) mass is 962 g/mol. The van der Waals surface area contributed by atoms with Crippen molar-refractivity contribution < 1.29 is 0 Å². The van der Waals surface area contributed by atoms with E-state index in [-0.39, 0.29) is 28.4 Å². The van der Waals surface area contributed by atoms with Crippen LogP contribution < -0.4 is 31.1 Å². The van der Waals surface area contributed by atoms with Crippen molar-refractivity contribution in [3.8, 4) is 22.3 Å². The Balaban J connectivity index is 1.13. The minimum atomic E-state index is -0.140. The van der Waals surface area contributed by atoms with Crippen LogP contribution in [0.2, 0.25) is 0 Å². The van der Waals surface area contributed by atoms with E-state index in [4.69, 9.17) is 0 Å². The average Bonchev–Trinajstić information content (AvgIpc) is 3.63. The van der Waals surface area contributed by atoms with Gasteiger partial charge in [-0.1, -0.05) is 191 Å². The molecule has 0 radical (unpaired) electrons. The zero-order valence-corrected chi connectivity index (χ0v) is 45.4. The molecule has 0 unspecified atom stereocenters. The summed E-state index contributed by atoms with van der Waals surface area (Å²) in [5.41, 5.74) is 27.3. The van der Waals surface area contributed by atoms with Gasteiger partial charge in [0.05, 0.1) is 5.69 Å². The Bertz CT molecular complexity index is 3660. The number of para-hydroxylation sites is 1. The van der Waals surface area contributed by atoms with Gasteiger partial charge in [0, 0.05) is 56.5 Å². The fraction of sp³-hybridized carbons (Fsp3) is 0.229. The molecule has 0 amide bonds. The fourth-order valence-corrected chi connectivity index (χ4v) is 12.3. The van der Waals surface area contributed by atoms with Gasteiger partial charge in [-0.15, -0.1) is 0 Å². The van der Waals surface area contributed by atoms with Gasteiger partial charge in [0.2, 0.25) is 0 Å². The first-order valence-corrected chi connectivity index (χ1v) is 26.7. The van der Waals surface area contributed by atoms with E-state index >= 15 is 0 Å². The van der Waals surface area contributed by atoms with E-state index < -0.39 is 0 Å². The lowest BCUT2D eigenvalue weighted by atomic mass is 9.33. The molecule has 1 aliphatic carbocycles. The van der Waals surface area contributed by atoms with Crippen LogP contribution in [0.4, 0.5) is 51.2 Å². The summed E-state index contributed by atoms with van der Waals surface area (Å²) in [6, 6.07) is 74.1. The Kier molecular flexibility index (Phi) is 10.9. The third kappa shape index (κ3) is 7.71. The lowest BCUT2D eigenvalue weighted by molar-refractivity contribution is 0.590. The quantitative estimate of drug-likeness (QED) is 0.154. The average molecular weight is 962 g/mol. The maximum absolute atomic E-state index is 2.61. The first-order chi connectivity index (χ1) is 35.3. The van der Waals surface area contributed by atoms with Crippen LogP contribution in [-0.2, 0) is 21.7 Å². The molecule has 0 N–H and O–H groups in total. The Hall–Kier alpha value is -7.56. The van der Waals surface area contributed by atoms with E-state index in [1.165, 1.54) is 100 Å². The predicted molar refractivity (Wildman–Crippen MR) is 319 cm³/mol. The highest BCUT2D eigenvalue weighted by Crippen LogP contribution is 2.53. The molecule has 0 saturated heterocycles. The smallest absolute Gasteiger partial charge is 0.252 e. The van der Waals surface area contributed by atoms with Gasteiger partial charge >= 0.3 is 0 Å². The molecule has 0 saturated carbocycles. The van der Waals surface area contributed by atoms with E-state index in [2.05, 4.69) is 292 Å². The number of nitrogens with zero attached hydrogens (tertiary/aromatic N) is 3. The third-order valence-corrected chi connectivity index (χ3v) is 16.3. The number of hydrogen-bond acceptors (Lipinski definition) is 3. The molecule has 366 valence electrons. The van der Waals surface area contributed by atoms with Gasteiger partial charge in [-0.25, -0.2) is 0 Å². The molecule has 2 aliphatic heterocycles. The predicted octanol–water partition coefficient (Wildman–Crippen LogP) is 17.4. The molecule has 3 nitrogen and oxygen atoms in total. The number of anilines is 9. The minimum Gasteiger partial charge on any atom is -0.311 e. The second-order valence-electron chi connectivity index (χ2n) is 24.8. The molecule has 12 rings (SSSR count). The second-order valence-corrected chi connectivity index (χ2v) is 24.8. The maximum Gasteiger partial charge on any atom is 0.252 e. The molecule has 3 aliphatic rings. The third-order valence-electron chi connectivity index (χ3n) is 16.3. The first-order valence-electron chi connectivity index (χ1n) is 26.7. The molecule has 0 spiro atoms. The highest BCUT2D eigenvalue weighted by molar-refractivity contribution is 7.00. The topological polar surface area (TPSA) is 9.72 Å². The van der Waals surface area contributed by atoms with Crippen LogP contribution in [0.15, 0.2) is 194 Å². The van der Waals surface area contributed by atoms with E-state index in [1.54, 1.807) is 0 Å². The first kappa shape index (κ1) is 47.4. The van der Waals surface area contributed by atoms with Crippen LogP contribution in [0, 0.1) is 6.92 Å². The van der Waals surface area contributed by atoms with Crippen molar-refractivity contribution in [2.45, 2.75) is 105 Å². The number of fused-ring (bicyclic) bond motifs is 7. The molecule has 9 aromatic rings. The summed E-state index contributed by atoms with van der Waals surface area (Å²) in [5.74, 6) is 0. The molecule has 0 bridgehead atoms. The fourth-order valence-electron chi connectivity index (χ4n) is 12.3. The highest BCUT2D eigenvalue weighted by atomic mass is 15.2. The van der Waals surface area contributed by atoms with Crippen molar-refractivity contribution in [3.05, 3.63) is 228 Å². The molecule has 74 heavy (non-hydrogen) atoms. The zero-order valence-electron chi connectivity index (χ0n) is 45.4. The summed E-state index contributed by atoms with van der Waals surface area (Å²) in [4.78, 5) is 7.66. The van der Waals surface area contributed by atoms with Crippen molar-refractivity contribution in [2.75, 3.05) is 14.7 Å². The van der Waals surface area contributed by atoms with Gasteiger partial charge in [0.1, 0.15) is 0 Å². The SMILES string of the molecule is Cc1cc2c3c(c1)N(c1ccc4c(c1)C(C)(C)c1ccccc1-4)c1cc(C(C)(C)C)ccc1B3c1ccc(N(c3ccccc3)c3ccc(C(C)(C)C)cc3-c3ccccc3)cc1N2c1ccc(C(C)(C)C)cc1. The van der Waals surface area contributed by atoms with Gasteiger partial charge in [0.15, 0.2) is 0 Å². The van der Waals surface area contributed by atoms with Gasteiger partial charge in [0.25, 0.3) is 6.71 Å². The van der Waals surface area contributed by atoms with Gasteiger partial charge in [-0.2, -0.15) is 0 Å². The van der Waals surface area contributed by atoms with Crippen LogP contribution >= 0.6 is 0 Å². The van der Waals surface area contributed by atoms with Crippen LogP contribution in [0.25, 0.3) is 22.3 Å². The van der Waals surface area contributed by atoms with Crippen LogP contribution in [-0.4, -0.2) is 6.71 Å². The number of hydrogen-bond donors (Lipinski definition) is 0. The van der Waals surface area contributed by atoms with Gasteiger partial charge < -0.3 is 14.7 Å². The Morgan fingerprint density at radius 3 is 1.59 bits per heavy atom. The number of aryl methyl sites for hydroxylation is 1. The lowest BCUT2D eigenvalue weighted by Gasteiger charge is -2.45. The van der Waals surface area contributed by atoms with E-state index in [0.29, 0.717) is 0 Å². The molecule has 0 aromatic heterocycles. The molecule has 0 fully saturated rings. The van der Waals surface area contributed by atoms with E-state index in [9.17, 15) is 0 Å².